The van der Waals surface area contributed by atoms with Gasteiger partial charge in [0.15, 0.2) is 5.78 Å². The minimum atomic E-state index is -0.498. The van der Waals surface area contributed by atoms with E-state index in [0.717, 1.165) is 38.2 Å². The number of ketones is 1. The van der Waals surface area contributed by atoms with Crippen molar-refractivity contribution in [2.24, 2.45) is 0 Å². The summed E-state index contributed by atoms with van der Waals surface area (Å²) >= 11 is 0. The number of rotatable bonds is 4. The molecule has 4 aromatic rings. The lowest BCUT2D eigenvalue weighted by atomic mass is 9.97. The van der Waals surface area contributed by atoms with Gasteiger partial charge >= 0.3 is 0 Å². The van der Waals surface area contributed by atoms with Gasteiger partial charge < -0.3 is 5.11 Å². The molecule has 26 heavy (non-hydrogen) atoms. The first-order chi connectivity index (χ1) is 12.6. The van der Waals surface area contributed by atoms with Crippen LogP contribution in [0.3, 0.4) is 0 Å². The van der Waals surface area contributed by atoms with E-state index in [1.807, 2.05) is 78.9 Å². The standard InChI is InChI=1S/C24H20O2/c1-16(25)20-10-8-19-7-6-17(12-23(19)14-20)13-24(26)22-11-9-18-4-2-3-5-21(18)15-22/h2-12,14-16,25H,13H2,1H3/t16-/m0/s1. The van der Waals surface area contributed by atoms with Crippen molar-refractivity contribution in [2.75, 3.05) is 0 Å². The molecule has 0 amide bonds. The molecule has 0 saturated carbocycles. The highest BCUT2D eigenvalue weighted by Gasteiger charge is 2.09. The highest BCUT2D eigenvalue weighted by atomic mass is 16.3. The molecule has 0 aromatic heterocycles. The molecule has 4 rings (SSSR count). The van der Waals surface area contributed by atoms with E-state index in [1.54, 1.807) is 6.92 Å². The third-order valence-electron chi connectivity index (χ3n) is 4.85. The van der Waals surface area contributed by atoms with Crippen LogP contribution in [-0.4, -0.2) is 10.9 Å². The molecule has 0 saturated heterocycles. The minimum Gasteiger partial charge on any atom is -0.389 e. The summed E-state index contributed by atoms with van der Waals surface area (Å²) in [5.74, 6) is 0.113. The fraction of sp³-hybridized carbons (Fsp3) is 0.125. The normalized spacial score (nSPS) is 12.4. The van der Waals surface area contributed by atoms with Crippen molar-refractivity contribution in [3.8, 4) is 0 Å². The van der Waals surface area contributed by atoms with Crippen LogP contribution in [0.2, 0.25) is 0 Å². The third kappa shape index (κ3) is 3.24. The molecule has 4 aromatic carbocycles. The van der Waals surface area contributed by atoms with E-state index < -0.39 is 6.10 Å². The van der Waals surface area contributed by atoms with Gasteiger partial charge in [-0.1, -0.05) is 66.7 Å². The van der Waals surface area contributed by atoms with Gasteiger partial charge in [-0.15, -0.1) is 0 Å². The molecular formula is C24H20O2. The van der Waals surface area contributed by atoms with Crippen molar-refractivity contribution < 1.29 is 9.90 Å². The molecule has 0 unspecified atom stereocenters. The predicted octanol–water partition coefficient (Wildman–Crippen LogP) is 5.47. The van der Waals surface area contributed by atoms with Crippen LogP contribution >= 0.6 is 0 Å². The number of fused-ring (bicyclic) bond motifs is 2. The van der Waals surface area contributed by atoms with Crippen molar-refractivity contribution in [1.82, 2.24) is 0 Å². The molecule has 1 atom stereocenters. The van der Waals surface area contributed by atoms with E-state index in [1.165, 1.54) is 0 Å². The van der Waals surface area contributed by atoms with E-state index in [0.29, 0.717) is 6.42 Å². The molecule has 0 radical (unpaired) electrons. The zero-order chi connectivity index (χ0) is 18.1. The summed E-state index contributed by atoms with van der Waals surface area (Å²) in [6.07, 6.45) is -0.130. The summed E-state index contributed by atoms with van der Waals surface area (Å²) in [4.78, 5) is 12.7. The summed E-state index contributed by atoms with van der Waals surface area (Å²) < 4.78 is 0. The Balaban J connectivity index is 1.63. The van der Waals surface area contributed by atoms with Crippen LogP contribution < -0.4 is 0 Å². The molecule has 1 N–H and O–H groups in total. The van der Waals surface area contributed by atoms with Gasteiger partial charge in [-0.25, -0.2) is 0 Å². The fourth-order valence-corrected chi connectivity index (χ4v) is 3.33. The van der Waals surface area contributed by atoms with Gasteiger partial charge in [-0.3, -0.25) is 4.79 Å². The first-order valence-corrected chi connectivity index (χ1v) is 8.83. The Labute approximate surface area is 152 Å². The van der Waals surface area contributed by atoms with Gasteiger partial charge in [0.05, 0.1) is 6.10 Å². The molecule has 0 bridgehead atoms. The fourth-order valence-electron chi connectivity index (χ4n) is 3.33. The van der Waals surface area contributed by atoms with Gasteiger partial charge in [-0.2, -0.15) is 0 Å². The second kappa shape index (κ2) is 6.74. The minimum absolute atomic E-state index is 0.113. The molecule has 0 fully saturated rings. The lowest BCUT2D eigenvalue weighted by Gasteiger charge is -2.08. The van der Waals surface area contributed by atoms with E-state index in [2.05, 4.69) is 0 Å². The number of carbonyl (C=O) groups excluding carboxylic acids is 1. The van der Waals surface area contributed by atoms with Crippen molar-refractivity contribution in [3.63, 3.8) is 0 Å². The first-order valence-electron chi connectivity index (χ1n) is 8.83. The van der Waals surface area contributed by atoms with E-state index in [-0.39, 0.29) is 5.78 Å². The molecule has 2 nitrogen and oxygen atoms in total. The Kier molecular flexibility index (Phi) is 4.27. The van der Waals surface area contributed by atoms with Crippen LogP contribution in [0.25, 0.3) is 21.5 Å². The summed E-state index contributed by atoms with van der Waals surface area (Å²) in [7, 11) is 0. The number of Topliss-reactive ketones (excluding diaryl/α,β-unsaturated/α-hetero) is 1. The highest BCUT2D eigenvalue weighted by molar-refractivity contribution is 6.01. The van der Waals surface area contributed by atoms with Crippen molar-refractivity contribution in [2.45, 2.75) is 19.4 Å². The predicted molar refractivity (Wildman–Crippen MR) is 107 cm³/mol. The second-order valence-corrected chi connectivity index (χ2v) is 6.78. The van der Waals surface area contributed by atoms with E-state index in [4.69, 9.17) is 0 Å². The monoisotopic (exact) mass is 340 g/mol. The van der Waals surface area contributed by atoms with Crippen LogP contribution in [0.5, 0.6) is 0 Å². The number of hydrogen-bond acceptors (Lipinski definition) is 2. The number of carbonyl (C=O) groups is 1. The molecule has 128 valence electrons. The highest BCUT2D eigenvalue weighted by Crippen LogP contribution is 2.23. The third-order valence-corrected chi connectivity index (χ3v) is 4.85. The Morgan fingerprint density at radius 2 is 1.50 bits per heavy atom. The van der Waals surface area contributed by atoms with Gasteiger partial charge in [-0.05, 0) is 51.7 Å². The van der Waals surface area contributed by atoms with Gasteiger partial charge in [0.2, 0.25) is 0 Å². The quantitative estimate of drug-likeness (QED) is 0.500. The van der Waals surface area contributed by atoms with Crippen molar-refractivity contribution in [1.29, 1.82) is 0 Å². The van der Waals surface area contributed by atoms with Crippen LogP contribution in [0, 0.1) is 0 Å². The van der Waals surface area contributed by atoms with Gasteiger partial charge in [0, 0.05) is 12.0 Å². The maximum absolute atomic E-state index is 12.7. The Morgan fingerprint density at radius 1 is 0.808 bits per heavy atom. The maximum Gasteiger partial charge on any atom is 0.167 e. The zero-order valence-electron chi connectivity index (χ0n) is 14.6. The number of hydrogen-bond donors (Lipinski definition) is 1. The average Bonchev–Trinajstić information content (AvgIpc) is 2.67. The summed E-state index contributed by atoms with van der Waals surface area (Å²) in [6, 6.07) is 25.9. The molecule has 0 aliphatic heterocycles. The lowest BCUT2D eigenvalue weighted by Crippen LogP contribution is -2.03. The molecule has 0 aliphatic carbocycles. The lowest BCUT2D eigenvalue weighted by molar-refractivity contribution is 0.0993. The van der Waals surface area contributed by atoms with E-state index >= 15 is 0 Å². The summed E-state index contributed by atoms with van der Waals surface area (Å²) in [5.41, 5.74) is 2.61. The zero-order valence-corrected chi connectivity index (χ0v) is 14.6. The molecule has 0 aliphatic rings. The Bertz CT molecular complexity index is 1110. The molecular weight excluding hydrogens is 320 g/mol. The number of aliphatic hydroxyl groups excluding tert-OH is 1. The smallest absolute Gasteiger partial charge is 0.167 e. The summed E-state index contributed by atoms with van der Waals surface area (Å²) in [5, 5.41) is 14.2. The van der Waals surface area contributed by atoms with Crippen molar-refractivity contribution in [3.05, 3.63) is 95.6 Å². The SMILES string of the molecule is C[C@H](O)c1ccc2ccc(CC(=O)c3ccc4ccccc4c3)cc2c1. The van der Waals surface area contributed by atoms with Crippen LogP contribution in [0.1, 0.15) is 34.5 Å². The van der Waals surface area contributed by atoms with Crippen LogP contribution in [0.4, 0.5) is 0 Å². The van der Waals surface area contributed by atoms with Crippen LogP contribution in [0.15, 0.2) is 78.9 Å². The van der Waals surface area contributed by atoms with E-state index in [9.17, 15) is 9.90 Å². The maximum atomic E-state index is 12.7. The number of aliphatic hydroxyl groups is 1. The largest absolute Gasteiger partial charge is 0.389 e. The van der Waals surface area contributed by atoms with Gasteiger partial charge in [0.25, 0.3) is 0 Å². The Hall–Kier alpha value is -2.97. The second-order valence-electron chi connectivity index (χ2n) is 6.78. The average molecular weight is 340 g/mol. The van der Waals surface area contributed by atoms with Gasteiger partial charge in [0.1, 0.15) is 0 Å². The number of benzene rings is 4. The van der Waals surface area contributed by atoms with Crippen molar-refractivity contribution >= 4 is 27.3 Å². The molecule has 2 heteroatoms. The molecule has 0 heterocycles. The summed E-state index contributed by atoms with van der Waals surface area (Å²) in [6.45, 7) is 1.76. The topological polar surface area (TPSA) is 37.3 Å². The first kappa shape index (κ1) is 16.5. The molecule has 0 spiro atoms. The van der Waals surface area contributed by atoms with Crippen LogP contribution in [-0.2, 0) is 6.42 Å². The Morgan fingerprint density at radius 3 is 2.31 bits per heavy atom.